The molecular weight excluding hydrogens is 320 g/mol. The van der Waals surface area contributed by atoms with Gasteiger partial charge in [-0.3, -0.25) is 9.59 Å². The van der Waals surface area contributed by atoms with Crippen molar-refractivity contribution in [3.8, 4) is 0 Å². The Labute approximate surface area is 139 Å². The van der Waals surface area contributed by atoms with E-state index in [0.717, 1.165) is 0 Å². The minimum Gasteiger partial charge on any atom is -0.503 e. The number of nitrogens with zero attached hydrogens (tertiary/aromatic N) is 1. The van der Waals surface area contributed by atoms with E-state index in [9.17, 15) is 14.7 Å². The first-order valence-corrected chi connectivity index (χ1v) is 7.67. The molecule has 1 aliphatic rings. The highest BCUT2D eigenvalue weighted by molar-refractivity contribution is 6.31. The largest absolute Gasteiger partial charge is 0.503 e. The van der Waals surface area contributed by atoms with Gasteiger partial charge in [0.2, 0.25) is 0 Å². The van der Waals surface area contributed by atoms with Crippen molar-refractivity contribution in [3.63, 3.8) is 0 Å². The number of carbonyl (C=O) groups excluding carboxylic acids is 2. The molecule has 124 valence electrons. The third-order valence-electron chi connectivity index (χ3n) is 3.70. The fraction of sp³-hybridized carbons (Fsp3) is 0.375. The highest BCUT2D eigenvalue weighted by atomic mass is 35.5. The van der Waals surface area contributed by atoms with Crippen LogP contribution in [0.3, 0.4) is 0 Å². The maximum atomic E-state index is 12.3. The SMILES string of the molecule is CC(=O)C1=C(O)C(=O)N(CCNCCO)[C@H]1c1ccccc1Cl. The lowest BCUT2D eigenvalue weighted by Crippen LogP contribution is -2.37. The Kier molecular flexibility index (Phi) is 5.76. The molecule has 0 aromatic heterocycles. The van der Waals surface area contributed by atoms with E-state index in [2.05, 4.69) is 5.32 Å². The molecule has 6 nitrogen and oxygen atoms in total. The van der Waals surface area contributed by atoms with Crippen molar-refractivity contribution >= 4 is 23.3 Å². The number of halogens is 1. The molecule has 1 aromatic carbocycles. The topological polar surface area (TPSA) is 89.9 Å². The first kappa shape index (κ1) is 17.5. The molecule has 1 heterocycles. The molecule has 0 fully saturated rings. The van der Waals surface area contributed by atoms with Gasteiger partial charge >= 0.3 is 0 Å². The number of hydrogen-bond acceptors (Lipinski definition) is 5. The van der Waals surface area contributed by atoms with E-state index < -0.39 is 17.7 Å². The maximum Gasteiger partial charge on any atom is 0.290 e. The molecule has 0 saturated carbocycles. The molecule has 7 heteroatoms. The maximum absolute atomic E-state index is 12.3. The third-order valence-corrected chi connectivity index (χ3v) is 4.05. The van der Waals surface area contributed by atoms with Crippen LogP contribution in [0.5, 0.6) is 0 Å². The number of aliphatic hydroxyl groups is 2. The summed E-state index contributed by atoms with van der Waals surface area (Å²) >= 11 is 6.22. The van der Waals surface area contributed by atoms with Gasteiger partial charge in [0.15, 0.2) is 11.5 Å². The first-order valence-electron chi connectivity index (χ1n) is 7.30. The van der Waals surface area contributed by atoms with E-state index in [0.29, 0.717) is 23.7 Å². The second-order valence-corrected chi connectivity index (χ2v) is 5.62. The number of benzene rings is 1. The number of carbonyl (C=O) groups is 2. The Bertz CT molecular complexity index is 645. The van der Waals surface area contributed by atoms with E-state index in [1.165, 1.54) is 11.8 Å². The average Bonchev–Trinajstić information content (AvgIpc) is 2.76. The highest BCUT2D eigenvalue weighted by Gasteiger charge is 2.42. The molecule has 0 aliphatic carbocycles. The van der Waals surface area contributed by atoms with Gasteiger partial charge in [0.25, 0.3) is 5.91 Å². The minimum absolute atomic E-state index is 0.00984. The fourth-order valence-electron chi connectivity index (χ4n) is 2.67. The summed E-state index contributed by atoms with van der Waals surface area (Å²) in [5.41, 5.74) is 0.657. The van der Waals surface area contributed by atoms with Crippen LogP contribution in [0.25, 0.3) is 0 Å². The van der Waals surface area contributed by atoms with Crippen LogP contribution in [0.2, 0.25) is 5.02 Å². The Balaban J connectivity index is 2.35. The van der Waals surface area contributed by atoms with Crippen LogP contribution in [0.1, 0.15) is 18.5 Å². The standard InChI is InChI=1S/C16H19ClN2O4/c1-10(21)13-14(11-4-2-3-5-12(11)17)19(16(23)15(13)22)8-6-18-7-9-20/h2-5,14,18,20,22H,6-9H2,1H3/t14-/m0/s1. The second kappa shape index (κ2) is 7.59. The lowest BCUT2D eigenvalue weighted by Gasteiger charge is -2.27. The molecular formula is C16H19ClN2O4. The fourth-order valence-corrected chi connectivity index (χ4v) is 2.91. The summed E-state index contributed by atoms with van der Waals surface area (Å²) in [5.74, 6) is -1.48. The number of amides is 1. The van der Waals surface area contributed by atoms with Crippen molar-refractivity contribution in [2.45, 2.75) is 13.0 Å². The van der Waals surface area contributed by atoms with Crippen LogP contribution < -0.4 is 5.32 Å². The van der Waals surface area contributed by atoms with Gasteiger partial charge < -0.3 is 20.4 Å². The third kappa shape index (κ3) is 3.55. The Morgan fingerprint density at radius 2 is 2.04 bits per heavy atom. The number of Topliss-reactive ketones (excluding diaryl/α,β-unsaturated/α-hetero) is 1. The molecule has 2 rings (SSSR count). The van der Waals surface area contributed by atoms with E-state index in [1.54, 1.807) is 24.3 Å². The van der Waals surface area contributed by atoms with Gasteiger partial charge in [0, 0.05) is 24.7 Å². The van der Waals surface area contributed by atoms with E-state index in [1.807, 2.05) is 0 Å². The highest BCUT2D eigenvalue weighted by Crippen LogP contribution is 2.39. The van der Waals surface area contributed by atoms with Crippen LogP contribution >= 0.6 is 11.6 Å². The molecule has 0 saturated heterocycles. The number of aliphatic hydroxyl groups excluding tert-OH is 2. The van der Waals surface area contributed by atoms with Crippen LogP contribution in [-0.4, -0.2) is 53.0 Å². The molecule has 23 heavy (non-hydrogen) atoms. The number of hydrogen-bond donors (Lipinski definition) is 3. The van der Waals surface area contributed by atoms with E-state index >= 15 is 0 Å². The molecule has 0 unspecified atom stereocenters. The van der Waals surface area contributed by atoms with Crippen LogP contribution in [0.4, 0.5) is 0 Å². The summed E-state index contributed by atoms with van der Waals surface area (Å²) in [6, 6.07) is 6.23. The lowest BCUT2D eigenvalue weighted by molar-refractivity contribution is -0.129. The zero-order valence-corrected chi connectivity index (χ0v) is 13.5. The van der Waals surface area contributed by atoms with Gasteiger partial charge in [-0.25, -0.2) is 0 Å². The number of nitrogens with one attached hydrogen (secondary N) is 1. The number of ketones is 1. The Hall–Kier alpha value is -1.89. The Morgan fingerprint density at radius 3 is 2.65 bits per heavy atom. The van der Waals surface area contributed by atoms with Gasteiger partial charge in [-0.1, -0.05) is 29.8 Å². The van der Waals surface area contributed by atoms with Crippen molar-refractivity contribution in [2.24, 2.45) is 0 Å². The summed E-state index contributed by atoms with van der Waals surface area (Å²) in [6.45, 7) is 2.40. The van der Waals surface area contributed by atoms with Crippen molar-refractivity contribution in [3.05, 3.63) is 46.2 Å². The number of rotatable bonds is 7. The van der Waals surface area contributed by atoms with Crippen LogP contribution in [0, 0.1) is 0 Å². The molecule has 0 radical (unpaired) electrons. The average molecular weight is 339 g/mol. The zero-order valence-electron chi connectivity index (χ0n) is 12.8. The van der Waals surface area contributed by atoms with Gasteiger partial charge in [0.05, 0.1) is 18.2 Å². The van der Waals surface area contributed by atoms with Gasteiger partial charge in [0.1, 0.15) is 0 Å². The van der Waals surface area contributed by atoms with Crippen molar-refractivity contribution in [2.75, 3.05) is 26.2 Å². The molecule has 3 N–H and O–H groups in total. The Morgan fingerprint density at radius 1 is 1.35 bits per heavy atom. The quantitative estimate of drug-likeness (QED) is 0.650. The molecule has 1 aliphatic heterocycles. The van der Waals surface area contributed by atoms with Crippen LogP contribution in [-0.2, 0) is 9.59 Å². The van der Waals surface area contributed by atoms with E-state index in [-0.39, 0.29) is 24.5 Å². The summed E-state index contributed by atoms with van der Waals surface area (Å²) in [4.78, 5) is 25.7. The smallest absolute Gasteiger partial charge is 0.290 e. The molecule has 0 bridgehead atoms. The zero-order chi connectivity index (χ0) is 17.0. The van der Waals surface area contributed by atoms with Crippen LogP contribution in [0.15, 0.2) is 35.6 Å². The summed E-state index contributed by atoms with van der Waals surface area (Å²) < 4.78 is 0. The summed E-state index contributed by atoms with van der Waals surface area (Å²) in [5, 5.41) is 22.3. The van der Waals surface area contributed by atoms with Crippen molar-refractivity contribution in [1.82, 2.24) is 10.2 Å². The predicted octanol–water partition coefficient (Wildman–Crippen LogP) is 1.21. The molecule has 0 spiro atoms. The second-order valence-electron chi connectivity index (χ2n) is 5.21. The van der Waals surface area contributed by atoms with Gasteiger partial charge in [-0.05, 0) is 18.6 Å². The molecule has 1 atom stereocenters. The first-order chi connectivity index (χ1) is 11.0. The van der Waals surface area contributed by atoms with Crippen molar-refractivity contribution < 1.29 is 19.8 Å². The van der Waals surface area contributed by atoms with Gasteiger partial charge in [-0.2, -0.15) is 0 Å². The monoisotopic (exact) mass is 338 g/mol. The lowest BCUT2D eigenvalue weighted by atomic mass is 9.97. The van der Waals surface area contributed by atoms with E-state index in [4.69, 9.17) is 16.7 Å². The molecule has 1 aromatic rings. The van der Waals surface area contributed by atoms with Crippen molar-refractivity contribution in [1.29, 1.82) is 0 Å². The van der Waals surface area contributed by atoms with Gasteiger partial charge in [-0.15, -0.1) is 0 Å². The molecule has 1 amide bonds. The minimum atomic E-state index is -0.704. The summed E-state index contributed by atoms with van der Waals surface area (Å²) in [6.07, 6.45) is 0. The normalized spacial score (nSPS) is 18.0. The summed E-state index contributed by atoms with van der Waals surface area (Å²) in [7, 11) is 0. The predicted molar refractivity (Wildman–Crippen MR) is 86.2 cm³/mol.